The zero-order chi connectivity index (χ0) is 14.9. The molecule has 1 heterocycles. The SMILES string of the molecule is Cc1cccc(C)c1[C@@H]1CNC[C@H]1C(=O)OC(C)(C)C. The molecule has 2 atom stereocenters. The zero-order valence-corrected chi connectivity index (χ0v) is 13.1. The summed E-state index contributed by atoms with van der Waals surface area (Å²) in [5.74, 6) is 0.0372. The second-order valence-corrected chi connectivity index (χ2v) is 6.71. The molecule has 0 aromatic heterocycles. The largest absolute Gasteiger partial charge is 0.460 e. The Morgan fingerprint density at radius 2 is 1.80 bits per heavy atom. The van der Waals surface area contributed by atoms with Crippen molar-refractivity contribution < 1.29 is 9.53 Å². The summed E-state index contributed by atoms with van der Waals surface area (Å²) in [6.07, 6.45) is 0. The number of rotatable bonds is 2. The molecule has 110 valence electrons. The number of esters is 1. The Morgan fingerprint density at radius 3 is 2.35 bits per heavy atom. The highest BCUT2D eigenvalue weighted by atomic mass is 16.6. The molecular formula is C17H25NO2. The van der Waals surface area contributed by atoms with E-state index >= 15 is 0 Å². The molecule has 0 bridgehead atoms. The maximum atomic E-state index is 12.4. The molecule has 0 unspecified atom stereocenters. The van der Waals surface area contributed by atoms with Gasteiger partial charge in [-0.1, -0.05) is 18.2 Å². The van der Waals surface area contributed by atoms with E-state index in [2.05, 4.69) is 37.4 Å². The Morgan fingerprint density at radius 1 is 1.20 bits per heavy atom. The van der Waals surface area contributed by atoms with Gasteiger partial charge >= 0.3 is 5.97 Å². The van der Waals surface area contributed by atoms with Crippen LogP contribution in [0.15, 0.2) is 18.2 Å². The van der Waals surface area contributed by atoms with E-state index in [4.69, 9.17) is 4.74 Å². The van der Waals surface area contributed by atoms with Crippen molar-refractivity contribution in [1.82, 2.24) is 5.32 Å². The zero-order valence-electron chi connectivity index (χ0n) is 13.1. The van der Waals surface area contributed by atoms with E-state index in [0.717, 1.165) is 6.54 Å². The number of carbonyl (C=O) groups excluding carboxylic acids is 1. The van der Waals surface area contributed by atoms with Crippen LogP contribution in [0.3, 0.4) is 0 Å². The maximum absolute atomic E-state index is 12.4. The number of carbonyl (C=O) groups is 1. The minimum atomic E-state index is -0.426. The lowest BCUT2D eigenvalue weighted by Gasteiger charge is -2.26. The fourth-order valence-electron chi connectivity index (χ4n) is 3.02. The number of hydrogen-bond acceptors (Lipinski definition) is 3. The van der Waals surface area contributed by atoms with Gasteiger partial charge in [0.25, 0.3) is 0 Å². The molecule has 1 fully saturated rings. The molecule has 1 aliphatic heterocycles. The van der Waals surface area contributed by atoms with Gasteiger partial charge in [-0.15, -0.1) is 0 Å². The van der Waals surface area contributed by atoms with E-state index in [1.54, 1.807) is 0 Å². The van der Waals surface area contributed by atoms with Crippen LogP contribution in [0.25, 0.3) is 0 Å². The average molecular weight is 275 g/mol. The van der Waals surface area contributed by atoms with Crippen molar-refractivity contribution in [2.24, 2.45) is 5.92 Å². The second-order valence-electron chi connectivity index (χ2n) is 6.71. The molecule has 1 N–H and O–H groups in total. The number of nitrogens with one attached hydrogen (secondary N) is 1. The molecule has 3 nitrogen and oxygen atoms in total. The summed E-state index contributed by atoms with van der Waals surface area (Å²) in [4.78, 5) is 12.4. The van der Waals surface area contributed by atoms with E-state index in [-0.39, 0.29) is 17.8 Å². The minimum absolute atomic E-state index is 0.0878. The van der Waals surface area contributed by atoms with E-state index in [1.165, 1.54) is 16.7 Å². The monoisotopic (exact) mass is 275 g/mol. The topological polar surface area (TPSA) is 38.3 Å². The normalized spacial score (nSPS) is 22.9. The minimum Gasteiger partial charge on any atom is -0.460 e. The third-order valence-corrected chi connectivity index (χ3v) is 3.84. The highest BCUT2D eigenvalue weighted by Crippen LogP contribution is 2.34. The number of hydrogen-bond donors (Lipinski definition) is 1. The van der Waals surface area contributed by atoms with E-state index in [9.17, 15) is 4.79 Å². The first-order chi connectivity index (χ1) is 9.29. The smallest absolute Gasteiger partial charge is 0.311 e. The van der Waals surface area contributed by atoms with Crippen molar-refractivity contribution in [3.63, 3.8) is 0 Å². The lowest BCUT2D eigenvalue weighted by atomic mass is 9.84. The second kappa shape index (κ2) is 5.57. The fraction of sp³-hybridized carbons (Fsp3) is 0.588. The number of benzene rings is 1. The molecule has 0 radical (unpaired) electrons. The van der Waals surface area contributed by atoms with Crippen molar-refractivity contribution in [2.75, 3.05) is 13.1 Å². The first kappa shape index (κ1) is 15.0. The molecule has 3 heteroatoms. The van der Waals surface area contributed by atoms with Crippen molar-refractivity contribution in [2.45, 2.75) is 46.1 Å². The maximum Gasteiger partial charge on any atom is 0.311 e. The molecule has 1 aromatic carbocycles. The third kappa shape index (κ3) is 3.21. The predicted octanol–water partition coefficient (Wildman–Crippen LogP) is 2.95. The Bertz CT molecular complexity index is 482. The average Bonchev–Trinajstić information content (AvgIpc) is 2.75. The van der Waals surface area contributed by atoms with Gasteiger partial charge in [-0.3, -0.25) is 4.79 Å². The lowest BCUT2D eigenvalue weighted by Crippen LogP contribution is -2.32. The van der Waals surface area contributed by atoms with Gasteiger partial charge < -0.3 is 10.1 Å². The van der Waals surface area contributed by atoms with Crippen LogP contribution in [-0.2, 0) is 9.53 Å². The quantitative estimate of drug-likeness (QED) is 0.843. The van der Waals surface area contributed by atoms with E-state index < -0.39 is 5.60 Å². The molecular weight excluding hydrogens is 250 g/mol. The summed E-state index contributed by atoms with van der Waals surface area (Å²) in [7, 11) is 0. The van der Waals surface area contributed by atoms with Crippen LogP contribution in [-0.4, -0.2) is 24.7 Å². The van der Waals surface area contributed by atoms with Gasteiger partial charge in [-0.25, -0.2) is 0 Å². The molecule has 1 aromatic rings. The Labute approximate surface area is 121 Å². The summed E-state index contributed by atoms with van der Waals surface area (Å²) in [5.41, 5.74) is 3.39. The summed E-state index contributed by atoms with van der Waals surface area (Å²) in [5, 5.41) is 3.34. The Balaban J connectivity index is 2.26. The van der Waals surface area contributed by atoms with Crippen molar-refractivity contribution in [1.29, 1.82) is 0 Å². The van der Waals surface area contributed by atoms with E-state index in [0.29, 0.717) is 6.54 Å². The molecule has 0 saturated carbocycles. The first-order valence-corrected chi connectivity index (χ1v) is 7.29. The standard InChI is InChI=1S/C17H25NO2/c1-11-7-6-8-12(2)15(11)13-9-18-10-14(13)16(19)20-17(3,4)5/h6-8,13-14,18H,9-10H2,1-5H3/t13-,14-/m1/s1. The van der Waals surface area contributed by atoms with Crippen molar-refractivity contribution in [3.05, 3.63) is 34.9 Å². The lowest BCUT2D eigenvalue weighted by molar-refractivity contribution is -0.159. The molecule has 20 heavy (non-hydrogen) atoms. The van der Waals surface area contributed by atoms with Crippen LogP contribution in [0.1, 0.15) is 43.4 Å². The Kier molecular flexibility index (Phi) is 4.19. The van der Waals surface area contributed by atoms with Crippen LogP contribution < -0.4 is 5.32 Å². The summed E-state index contributed by atoms with van der Waals surface area (Å²) in [6.45, 7) is 11.5. The highest BCUT2D eigenvalue weighted by Gasteiger charge is 2.37. The van der Waals surface area contributed by atoms with Gasteiger partial charge in [0.05, 0.1) is 5.92 Å². The first-order valence-electron chi connectivity index (χ1n) is 7.29. The predicted molar refractivity (Wildman–Crippen MR) is 80.9 cm³/mol. The fourth-order valence-corrected chi connectivity index (χ4v) is 3.02. The summed E-state index contributed by atoms with van der Waals surface area (Å²) in [6, 6.07) is 6.30. The molecule has 1 aliphatic rings. The highest BCUT2D eigenvalue weighted by molar-refractivity contribution is 5.75. The third-order valence-electron chi connectivity index (χ3n) is 3.84. The van der Waals surface area contributed by atoms with E-state index in [1.807, 2.05) is 20.8 Å². The van der Waals surface area contributed by atoms with Crippen LogP contribution >= 0.6 is 0 Å². The van der Waals surface area contributed by atoms with Gasteiger partial charge in [0, 0.05) is 19.0 Å². The van der Waals surface area contributed by atoms with Crippen LogP contribution in [0.5, 0.6) is 0 Å². The van der Waals surface area contributed by atoms with Crippen molar-refractivity contribution >= 4 is 5.97 Å². The number of ether oxygens (including phenoxy) is 1. The Hall–Kier alpha value is -1.35. The summed E-state index contributed by atoms with van der Waals surface area (Å²) < 4.78 is 5.57. The molecule has 0 amide bonds. The summed E-state index contributed by atoms with van der Waals surface area (Å²) >= 11 is 0. The van der Waals surface area contributed by atoms with Gasteiger partial charge in [0.1, 0.15) is 5.60 Å². The molecule has 2 rings (SSSR count). The number of aryl methyl sites for hydroxylation is 2. The van der Waals surface area contributed by atoms with Crippen LogP contribution in [0.4, 0.5) is 0 Å². The van der Waals surface area contributed by atoms with Gasteiger partial charge in [0.2, 0.25) is 0 Å². The van der Waals surface area contributed by atoms with Crippen LogP contribution in [0.2, 0.25) is 0 Å². The molecule has 0 spiro atoms. The van der Waals surface area contributed by atoms with Gasteiger partial charge in [-0.2, -0.15) is 0 Å². The molecule has 0 aliphatic carbocycles. The van der Waals surface area contributed by atoms with Gasteiger partial charge in [-0.05, 0) is 51.3 Å². The van der Waals surface area contributed by atoms with Gasteiger partial charge in [0.15, 0.2) is 0 Å². The van der Waals surface area contributed by atoms with Crippen LogP contribution in [0, 0.1) is 19.8 Å². The molecule has 1 saturated heterocycles. The van der Waals surface area contributed by atoms with Crippen molar-refractivity contribution in [3.8, 4) is 0 Å².